The number of carbonyl (C=O) groups is 3. The first-order valence-corrected chi connectivity index (χ1v) is 11.6. The van der Waals surface area contributed by atoms with Crippen LogP contribution < -0.4 is 5.32 Å². The number of morpholine rings is 1. The average molecular weight is 467 g/mol. The molecule has 2 aliphatic rings. The van der Waals surface area contributed by atoms with Crippen molar-refractivity contribution in [2.45, 2.75) is 44.2 Å². The van der Waals surface area contributed by atoms with Crippen molar-refractivity contribution in [2.75, 3.05) is 26.3 Å². The van der Waals surface area contributed by atoms with Gasteiger partial charge in [-0.05, 0) is 35.6 Å². The predicted molar refractivity (Wildman–Crippen MR) is 125 cm³/mol. The predicted octanol–water partition coefficient (Wildman–Crippen LogP) is 3.40. The molecule has 0 radical (unpaired) electrons. The van der Waals surface area contributed by atoms with E-state index in [2.05, 4.69) is 29.6 Å². The van der Waals surface area contributed by atoms with Gasteiger partial charge in [-0.25, -0.2) is 9.59 Å². The molecule has 2 unspecified atom stereocenters. The van der Waals surface area contributed by atoms with Crippen molar-refractivity contribution >= 4 is 18.0 Å². The second-order valence-corrected chi connectivity index (χ2v) is 8.98. The molecule has 1 aliphatic carbocycles. The Kier molecular flexibility index (Phi) is 6.88. The van der Waals surface area contributed by atoms with Gasteiger partial charge in [0.1, 0.15) is 6.61 Å². The van der Waals surface area contributed by atoms with E-state index >= 15 is 0 Å². The lowest BCUT2D eigenvalue weighted by molar-refractivity contribution is -0.177. The van der Waals surface area contributed by atoms with Crippen molar-refractivity contribution in [3.8, 4) is 11.1 Å². The highest BCUT2D eigenvalue weighted by molar-refractivity contribution is 5.82. The van der Waals surface area contributed by atoms with Gasteiger partial charge in [-0.2, -0.15) is 0 Å². The first kappa shape index (κ1) is 23.8. The molecule has 1 saturated heterocycles. The van der Waals surface area contributed by atoms with E-state index < -0.39 is 23.7 Å². The molecule has 8 nitrogen and oxygen atoms in total. The minimum atomic E-state index is -1.42. The van der Waals surface area contributed by atoms with Crippen LogP contribution in [0.4, 0.5) is 4.79 Å². The Bertz CT molecular complexity index is 1040. The first-order valence-electron chi connectivity index (χ1n) is 11.6. The summed E-state index contributed by atoms with van der Waals surface area (Å²) in [6.07, 6.45) is 0.0335. The smallest absolute Gasteiger partial charge is 0.407 e. The fourth-order valence-electron chi connectivity index (χ4n) is 4.66. The normalized spacial score (nSPS) is 20.2. The number of nitrogens with one attached hydrogen (secondary N) is 1. The summed E-state index contributed by atoms with van der Waals surface area (Å²) in [5.41, 5.74) is 3.15. The molecule has 34 heavy (non-hydrogen) atoms. The zero-order valence-electron chi connectivity index (χ0n) is 19.5. The molecule has 2 amide bonds. The van der Waals surface area contributed by atoms with E-state index in [4.69, 9.17) is 9.47 Å². The van der Waals surface area contributed by atoms with Crippen LogP contribution in [0.1, 0.15) is 43.7 Å². The number of alkyl carbamates (subject to hydrolysis) is 1. The molecule has 0 bridgehead atoms. The third kappa shape index (κ3) is 4.77. The fourth-order valence-corrected chi connectivity index (χ4v) is 4.66. The van der Waals surface area contributed by atoms with Crippen molar-refractivity contribution in [2.24, 2.45) is 0 Å². The molecule has 2 N–H and O–H groups in total. The van der Waals surface area contributed by atoms with Gasteiger partial charge < -0.3 is 24.8 Å². The summed E-state index contributed by atoms with van der Waals surface area (Å²) in [7, 11) is 0. The number of fused-ring (bicyclic) bond motifs is 3. The van der Waals surface area contributed by atoms with Gasteiger partial charge in [-0.15, -0.1) is 0 Å². The summed E-state index contributed by atoms with van der Waals surface area (Å²) in [4.78, 5) is 38.3. The lowest BCUT2D eigenvalue weighted by Gasteiger charge is -2.38. The van der Waals surface area contributed by atoms with Crippen LogP contribution in [0.2, 0.25) is 0 Å². The molecule has 1 heterocycles. The Balaban J connectivity index is 1.34. The lowest BCUT2D eigenvalue weighted by atomic mass is 9.98. The van der Waals surface area contributed by atoms with Gasteiger partial charge in [0.2, 0.25) is 5.91 Å². The summed E-state index contributed by atoms with van der Waals surface area (Å²) in [6.45, 7) is 3.99. The number of amides is 2. The number of hydrogen-bond acceptors (Lipinski definition) is 5. The molecular formula is C26H30N2O6. The van der Waals surface area contributed by atoms with Crippen LogP contribution in [0.3, 0.4) is 0 Å². The third-order valence-corrected chi connectivity index (χ3v) is 6.66. The Labute approximate surface area is 198 Å². The molecule has 8 heteroatoms. The van der Waals surface area contributed by atoms with Crippen LogP contribution in [-0.2, 0) is 19.1 Å². The number of carbonyl (C=O) groups excluding carboxylic acids is 2. The monoisotopic (exact) mass is 466 g/mol. The summed E-state index contributed by atoms with van der Waals surface area (Å²) >= 11 is 0. The number of benzene rings is 2. The molecule has 1 fully saturated rings. The Morgan fingerprint density at radius 1 is 1.15 bits per heavy atom. The van der Waals surface area contributed by atoms with Crippen LogP contribution in [0, 0.1) is 0 Å². The van der Waals surface area contributed by atoms with Gasteiger partial charge in [0.15, 0.2) is 5.60 Å². The van der Waals surface area contributed by atoms with E-state index in [-0.39, 0.29) is 38.0 Å². The van der Waals surface area contributed by atoms with Gasteiger partial charge in [0.25, 0.3) is 0 Å². The number of aliphatic carboxylic acids is 1. The maximum Gasteiger partial charge on any atom is 0.407 e. The van der Waals surface area contributed by atoms with Crippen molar-refractivity contribution < 1.29 is 29.0 Å². The average Bonchev–Trinajstić information content (AvgIpc) is 3.16. The van der Waals surface area contributed by atoms with Gasteiger partial charge in [0, 0.05) is 24.9 Å². The molecule has 180 valence electrons. The van der Waals surface area contributed by atoms with E-state index in [9.17, 15) is 19.5 Å². The number of nitrogens with zero attached hydrogens (tertiary/aromatic N) is 1. The molecule has 2 atom stereocenters. The quantitative estimate of drug-likeness (QED) is 0.648. The molecule has 4 rings (SSSR count). The number of ether oxygens (including phenoxy) is 2. The molecule has 2 aromatic rings. The topological polar surface area (TPSA) is 105 Å². The molecule has 1 aliphatic heterocycles. The van der Waals surface area contributed by atoms with E-state index in [1.807, 2.05) is 31.2 Å². The summed E-state index contributed by atoms with van der Waals surface area (Å²) < 4.78 is 10.9. The highest BCUT2D eigenvalue weighted by Gasteiger charge is 2.41. The van der Waals surface area contributed by atoms with Gasteiger partial charge in [-0.3, -0.25) is 4.79 Å². The second kappa shape index (κ2) is 9.85. The van der Waals surface area contributed by atoms with Crippen LogP contribution >= 0.6 is 0 Å². The molecular weight excluding hydrogens is 436 g/mol. The zero-order valence-corrected chi connectivity index (χ0v) is 19.5. The Morgan fingerprint density at radius 3 is 2.35 bits per heavy atom. The summed E-state index contributed by atoms with van der Waals surface area (Å²) in [5.74, 6) is -1.36. The largest absolute Gasteiger partial charge is 0.479 e. The van der Waals surface area contributed by atoms with Gasteiger partial charge in [0.05, 0.1) is 13.2 Å². The summed E-state index contributed by atoms with van der Waals surface area (Å²) in [6, 6.07) is 15.8. The van der Waals surface area contributed by atoms with Crippen LogP contribution in [0.25, 0.3) is 11.1 Å². The van der Waals surface area contributed by atoms with Gasteiger partial charge in [-0.1, -0.05) is 55.5 Å². The maximum absolute atomic E-state index is 12.8. The standard InChI is InChI=1S/C26H30N2O6/c1-3-17(14-23(29)28-12-13-34-26(2,16-28)24(30)31)27-25(32)33-15-22-20-10-6-4-8-18(20)19-9-5-7-11-21(19)22/h4-11,17,22H,3,12-16H2,1-2H3,(H,27,32)(H,30,31). The van der Waals surface area contributed by atoms with E-state index in [0.29, 0.717) is 13.0 Å². The zero-order chi connectivity index (χ0) is 24.3. The SMILES string of the molecule is CCC(CC(=O)N1CCOC(C)(C(=O)O)C1)NC(=O)OCC1c2ccccc2-c2ccccc21. The summed E-state index contributed by atoms with van der Waals surface area (Å²) in [5, 5.41) is 12.2. The molecule has 0 aromatic heterocycles. The van der Waals surface area contributed by atoms with Crippen LogP contribution in [0.15, 0.2) is 48.5 Å². The fraction of sp³-hybridized carbons (Fsp3) is 0.423. The second-order valence-electron chi connectivity index (χ2n) is 8.98. The Hall–Kier alpha value is -3.39. The van der Waals surface area contributed by atoms with Crippen LogP contribution in [0.5, 0.6) is 0 Å². The highest BCUT2D eigenvalue weighted by atomic mass is 16.5. The minimum Gasteiger partial charge on any atom is -0.479 e. The van der Waals surface area contributed by atoms with Crippen molar-refractivity contribution in [1.29, 1.82) is 0 Å². The molecule has 2 aromatic carbocycles. The first-order chi connectivity index (χ1) is 16.3. The van der Waals surface area contributed by atoms with E-state index in [1.54, 1.807) is 0 Å². The maximum atomic E-state index is 12.8. The van der Waals surface area contributed by atoms with Crippen molar-refractivity contribution in [3.63, 3.8) is 0 Å². The van der Waals surface area contributed by atoms with Crippen molar-refractivity contribution in [1.82, 2.24) is 10.2 Å². The Morgan fingerprint density at radius 2 is 1.76 bits per heavy atom. The molecule has 0 spiro atoms. The van der Waals surface area contributed by atoms with E-state index in [1.165, 1.54) is 11.8 Å². The molecule has 0 saturated carbocycles. The van der Waals surface area contributed by atoms with Gasteiger partial charge >= 0.3 is 12.1 Å². The van der Waals surface area contributed by atoms with Crippen molar-refractivity contribution in [3.05, 3.63) is 59.7 Å². The number of rotatable bonds is 7. The van der Waals surface area contributed by atoms with E-state index in [0.717, 1.165) is 22.3 Å². The lowest BCUT2D eigenvalue weighted by Crippen LogP contribution is -2.56. The van der Waals surface area contributed by atoms with Crippen LogP contribution in [-0.4, -0.2) is 65.9 Å². The number of carboxylic acids is 1. The minimum absolute atomic E-state index is 0.0253. The number of carboxylic acid groups (broad SMARTS) is 1. The third-order valence-electron chi connectivity index (χ3n) is 6.66. The number of hydrogen-bond donors (Lipinski definition) is 2. The highest BCUT2D eigenvalue weighted by Crippen LogP contribution is 2.44.